The fraction of sp³-hybridized carbons (Fsp3) is 0.600. The summed E-state index contributed by atoms with van der Waals surface area (Å²) in [4.78, 5) is 3.73. The first-order valence-electron chi connectivity index (χ1n) is 6.83. The molecule has 0 radical (unpaired) electrons. The molecule has 1 heterocycles. The van der Waals surface area contributed by atoms with Crippen molar-refractivity contribution in [1.82, 2.24) is 9.21 Å². The van der Waals surface area contributed by atoms with E-state index in [1.54, 1.807) is 0 Å². The monoisotopic (exact) mass is 266 g/mol. The van der Waals surface area contributed by atoms with E-state index < -0.39 is 0 Å². The van der Waals surface area contributed by atoms with E-state index in [0.29, 0.717) is 0 Å². The average Bonchev–Trinajstić information content (AvgIpc) is 2.36. The van der Waals surface area contributed by atoms with E-state index in [9.17, 15) is 0 Å². The molecule has 0 N–H and O–H groups in total. The Bertz CT molecular complexity index is 316. The number of aryl methyl sites for hydroxylation is 1. The first-order valence-corrected chi connectivity index (χ1v) is 7.61. The van der Waals surface area contributed by atoms with Crippen LogP contribution in [0.2, 0.25) is 0 Å². The maximum atomic E-state index is 2.45. The van der Waals surface area contributed by atoms with Crippen LogP contribution in [-0.2, 0) is 0 Å². The Morgan fingerprint density at radius 2 is 1.50 bits per heavy atom. The maximum absolute atomic E-state index is 2.45. The Labute approximate surface area is 116 Å². The smallest absolute Gasteiger partial charge is 0.0230 e. The highest BCUT2D eigenvalue weighted by atomic mass is 32.2. The van der Waals surface area contributed by atoms with Gasteiger partial charge in [0.15, 0.2) is 0 Å². The van der Waals surface area contributed by atoms with E-state index in [-0.39, 0.29) is 0 Å². The molecule has 1 saturated heterocycles. The van der Waals surface area contributed by atoms with Gasteiger partial charge in [0.05, 0.1) is 0 Å². The summed E-state index contributed by atoms with van der Waals surface area (Å²) in [6.07, 6.45) is 1.25. The summed E-state index contributed by atoms with van der Waals surface area (Å²) < 4.78 is 2.45. The third kappa shape index (κ3) is 5.89. The van der Waals surface area contributed by atoms with Crippen molar-refractivity contribution in [2.75, 3.05) is 33.2 Å². The van der Waals surface area contributed by atoms with Crippen LogP contribution < -0.4 is 0 Å². The standard InChI is InChI=1S/C12H18N2S.C3H8/c1-11-3-5-12(6-4-11)15-14-9-7-13(2)8-10-14;1-3-2/h3-6H,7-10H2,1-2H3;3H2,1-2H3. The van der Waals surface area contributed by atoms with E-state index in [4.69, 9.17) is 0 Å². The molecule has 102 valence electrons. The summed E-state index contributed by atoms with van der Waals surface area (Å²) in [5.41, 5.74) is 1.33. The topological polar surface area (TPSA) is 6.48 Å². The molecule has 0 saturated carbocycles. The van der Waals surface area contributed by atoms with Gasteiger partial charge in [-0.05, 0) is 38.1 Å². The number of piperazine rings is 1. The number of hydrogen-bond donors (Lipinski definition) is 0. The number of rotatable bonds is 2. The fourth-order valence-electron chi connectivity index (χ4n) is 1.63. The van der Waals surface area contributed by atoms with Crippen LogP contribution in [0.4, 0.5) is 0 Å². The molecular formula is C15H26N2S. The molecule has 0 aliphatic carbocycles. The maximum Gasteiger partial charge on any atom is 0.0230 e. The lowest BCUT2D eigenvalue weighted by molar-refractivity contribution is 0.233. The van der Waals surface area contributed by atoms with Gasteiger partial charge in [-0.25, -0.2) is 4.31 Å². The highest BCUT2D eigenvalue weighted by Crippen LogP contribution is 2.23. The van der Waals surface area contributed by atoms with Crippen LogP contribution >= 0.6 is 11.9 Å². The SMILES string of the molecule is CCC.Cc1ccc(SN2CCN(C)CC2)cc1. The second-order valence-electron chi connectivity index (χ2n) is 4.84. The molecule has 2 nitrogen and oxygen atoms in total. The van der Waals surface area contributed by atoms with Gasteiger partial charge in [0, 0.05) is 31.1 Å². The summed E-state index contributed by atoms with van der Waals surface area (Å²) in [6.45, 7) is 11.1. The molecule has 0 atom stereocenters. The minimum atomic E-state index is 1.16. The molecule has 0 unspecified atom stereocenters. The zero-order chi connectivity index (χ0) is 13.4. The summed E-state index contributed by atoms with van der Waals surface area (Å²) in [5.74, 6) is 0. The molecule has 1 aromatic rings. The van der Waals surface area contributed by atoms with Gasteiger partial charge in [-0.1, -0.05) is 38.0 Å². The summed E-state index contributed by atoms with van der Waals surface area (Å²) in [7, 11) is 2.19. The van der Waals surface area contributed by atoms with Crippen molar-refractivity contribution in [3.8, 4) is 0 Å². The third-order valence-electron chi connectivity index (χ3n) is 2.72. The minimum absolute atomic E-state index is 1.16. The van der Waals surface area contributed by atoms with Crippen LogP contribution in [0.1, 0.15) is 25.8 Å². The molecule has 1 aliphatic heterocycles. The summed E-state index contributed by atoms with van der Waals surface area (Å²) in [6, 6.07) is 8.77. The summed E-state index contributed by atoms with van der Waals surface area (Å²) >= 11 is 1.88. The highest BCUT2D eigenvalue weighted by Gasteiger charge is 2.14. The lowest BCUT2D eigenvalue weighted by Crippen LogP contribution is -2.40. The van der Waals surface area contributed by atoms with Gasteiger partial charge in [-0.15, -0.1) is 0 Å². The van der Waals surface area contributed by atoms with Crippen molar-refractivity contribution in [2.24, 2.45) is 0 Å². The van der Waals surface area contributed by atoms with Crippen molar-refractivity contribution >= 4 is 11.9 Å². The number of hydrogen-bond acceptors (Lipinski definition) is 3. The van der Waals surface area contributed by atoms with Gasteiger partial charge < -0.3 is 4.90 Å². The molecule has 0 spiro atoms. The van der Waals surface area contributed by atoms with Crippen molar-refractivity contribution < 1.29 is 0 Å². The molecule has 1 fully saturated rings. The van der Waals surface area contributed by atoms with Gasteiger partial charge in [0.25, 0.3) is 0 Å². The zero-order valence-electron chi connectivity index (χ0n) is 12.1. The minimum Gasteiger partial charge on any atom is -0.304 e. The van der Waals surface area contributed by atoms with E-state index in [0.717, 1.165) is 13.1 Å². The van der Waals surface area contributed by atoms with E-state index in [1.165, 1.54) is 30.0 Å². The third-order valence-corrected chi connectivity index (χ3v) is 3.82. The van der Waals surface area contributed by atoms with Crippen molar-refractivity contribution in [2.45, 2.75) is 32.1 Å². The first-order chi connectivity index (χ1) is 8.65. The molecule has 0 aromatic heterocycles. The number of nitrogens with zero attached hydrogens (tertiary/aromatic N) is 2. The Morgan fingerprint density at radius 3 is 2.00 bits per heavy atom. The molecule has 3 heteroatoms. The van der Waals surface area contributed by atoms with E-state index >= 15 is 0 Å². The molecule has 0 bridgehead atoms. The lowest BCUT2D eigenvalue weighted by Gasteiger charge is -2.31. The molecule has 18 heavy (non-hydrogen) atoms. The van der Waals surface area contributed by atoms with E-state index in [1.807, 2.05) is 11.9 Å². The second-order valence-corrected chi connectivity index (χ2v) is 6.01. The number of likely N-dealkylation sites (N-methyl/N-ethyl adjacent to an activating group) is 1. The van der Waals surface area contributed by atoms with Crippen LogP contribution in [0.15, 0.2) is 29.2 Å². The quantitative estimate of drug-likeness (QED) is 0.754. The van der Waals surface area contributed by atoms with Crippen LogP contribution in [0.5, 0.6) is 0 Å². The van der Waals surface area contributed by atoms with Gasteiger partial charge in [0.2, 0.25) is 0 Å². The molecule has 2 rings (SSSR count). The molecule has 0 amide bonds. The zero-order valence-corrected chi connectivity index (χ0v) is 13.0. The fourth-order valence-corrected chi connectivity index (χ4v) is 2.53. The Morgan fingerprint density at radius 1 is 1.00 bits per heavy atom. The van der Waals surface area contributed by atoms with Crippen LogP contribution in [0, 0.1) is 6.92 Å². The predicted octanol–water partition coefficient (Wildman–Crippen LogP) is 3.67. The van der Waals surface area contributed by atoms with Crippen molar-refractivity contribution in [1.29, 1.82) is 0 Å². The normalized spacial score (nSPS) is 17.1. The molecule has 1 aliphatic rings. The highest BCUT2D eigenvalue weighted by molar-refractivity contribution is 7.97. The molecular weight excluding hydrogens is 240 g/mol. The first kappa shape index (κ1) is 15.5. The Kier molecular flexibility index (Phi) is 7.40. The number of benzene rings is 1. The second kappa shape index (κ2) is 8.57. The molecule has 1 aromatic carbocycles. The lowest BCUT2D eigenvalue weighted by atomic mass is 10.2. The van der Waals surface area contributed by atoms with E-state index in [2.05, 4.69) is 61.3 Å². The van der Waals surface area contributed by atoms with Gasteiger partial charge >= 0.3 is 0 Å². The van der Waals surface area contributed by atoms with Crippen molar-refractivity contribution in [3.63, 3.8) is 0 Å². The van der Waals surface area contributed by atoms with Crippen molar-refractivity contribution in [3.05, 3.63) is 29.8 Å². The average molecular weight is 266 g/mol. The van der Waals surface area contributed by atoms with Crippen LogP contribution in [0.3, 0.4) is 0 Å². The Balaban J connectivity index is 0.000000492. The predicted molar refractivity (Wildman–Crippen MR) is 82.1 cm³/mol. The summed E-state index contributed by atoms with van der Waals surface area (Å²) in [5, 5.41) is 0. The van der Waals surface area contributed by atoms with Gasteiger partial charge in [0.1, 0.15) is 0 Å². The van der Waals surface area contributed by atoms with Gasteiger partial charge in [-0.3, -0.25) is 0 Å². The van der Waals surface area contributed by atoms with Crippen LogP contribution in [-0.4, -0.2) is 42.4 Å². The van der Waals surface area contributed by atoms with Gasteiger partial charge in [-0.2, -0.15) is 0 Å². The largest absolute Gasteiger partial charge is 0.304 e. The Hall–Kier alpha value is -0.510. The van der Waals surface area contributed by atoms with Crippen LogP contribution in [0.25, 0.3) is 0 Å².